The van der Waals surface area contributed by atoms with Gasteiger partial charge in [0.15, 0.2) is 0 Å². The maximum Gasteiger partial charge on any atom is 0.410 e. The van der Waals surface area contributed by atoms with Crippen LogP contribution in [0.4, 0.5) is 4.79 Å². The Morgan fingerprint density at radius 3 is 2.37 bits per heavy atom. The van der Waals surface area contributed by atoms with Crippen LogP contribution in [0.5, 0.6) is 5.75 Å². The number of likely N-dealkylation sites (N-methyl/N-ethyl adjacent to an activating group) is 1. The Balaban J connectivity index is 1.37. The highest BCUT2D eigenvalue weighted by Crippen LogP contribution is 2.29. The topological polar surface area (TPSA) is 100 Å². The zero-order valence-corrected chi connectivity index (χ0v) is 22.5. The fraction of sp³-hybridized carbons (Fsp3) is 0.483. The van der Waals surface area contributed by atoms with Crippen molar-refractivity contribution in [2.75, 3.05) is 20.1 Å². The van der Waals surface area contributed by atoms with Gasteiger partial charge in [0.05, 0.1) is 6.04 Å². The summed E-state index contributed by atoms with van der Waals surface area (Å²) in [5.41, 5.74) is 0.858. The standard InChI is InChI=1S/C29H38N4O5/c1-19(2)25(31-27(34)20(3)32(4)29(36)37-18-21-11-7-5-8-12-21)28(35)33-16-15-23-26(33)24(17-30-23)38-22-13-9-6-10-14-22/h5-14,19-20,23-26,30H,15-18H2,1-4H3,(H,31,34)/t20-,23+,24-,25-,26-/m0/s1. The number of nitrogens with zero attached hydrogens (tertiary/aromatic N) is 2. The van der Waals surface area contributed by atoms with Crippen molar-refractivity contribution in [3.63, 3.8) is 0 Å². The lowest BCUT2D eigenvalue weighted by Gasteiger charge is -2.34. The lowest BCUT2D eigenvalue weighted by atomic mass is 10.0. The SMILES string of the molecule is CC(C)[C@H](NC(=O)[C@H](C)N(C)C(=O)OCc1ccccc1)C(=O)N1CC[C@H]2NC[C@H](Oc3ccccc3)[C@H]21. The predicted molar refractivity (Wildman–Crippen MR) is 143 cm³/mol. The average Bonchev–Trinajstić information content (AvgIpc) is 3.53. The summed E-state index contributed by atoms with van der Waals surface area (Å²) in [6.07, 6.45) is 0.0435. The largest absolute Gasteiger partial charge is 0.487 e. The van der Waals surface area contributed by atoms with Crippen molar-refractivity contribution >= 4 is 17.9 Å². The first-order valence-corrected chi connectivity index (χ1v) is 13.3. The van der Waals surface area contributed by atoms with Gasteiger partial charge in [0.2, 0.25) is 11.8 Å². The van der Waals surface area contributed by atoms with E-state index in [4.69, 9.17) is 9.47 Å². The first-order chi connectivity index (χ1) is 18.3. The molecule has 0 aliphatic carbocycles. The van der Waals surface area contributed by atoms with Crippen LogP contribution in [0, 0.1) is 5.92 Å². The molecule has 9 heteroatoms. The monoisotopic (exact) mass is 522 g/mol. The molecule has 38 heavy (non-hydrogen) atoms. The number of amides is 3. The number of para-hydroxylation sites is 1. The van der Waals surface area contributed by atoms with E-state index in [0.29, 0.717) is 13.1 Å². The van der Waals surface area contributed by atoms with Crippen LogP contribution in [0.15, 0.2) is 60.7 Å². The normalized spacial score (nSPS) is 21.9. The van der Waals surface area contributed by atoms with E-state index < -0.39 is 24.1 Å². The second-order valence-corrected chi connectivity index (χ2v) is 10.4. The number of fused-ring (bicyclic) bond motifs is 1. The summed E-state index contributed by atoms with van der Waals surface area (Å²) in [5.74, 6) is 0.0844. The molecule has 2 aromatic carbocycles. The second-order valence-electron chi connectivity index (χ2n) is 10.4. The Morgan fingerprint density at radius 2 is 1.71 bits per heavy atom. The Bertz CT molecular complexity index is 1100. The molecule has 2 saturated heterocycles. The van der Waals surface area contributed by atoms with Crippen molar-refractivity contribution < 1.29 is 23.9 Å². The van der Waals surface area contributed by atoms with Gasteiger partial charge in [-0.1, -0.05) is 62.4 Å². The van der Waals surface area contributed by atoms with Crippen molar-refractivity contribution in [1.82, 2.24) is 20.4 Å². The number of benzene rings is 2. The molecule has 0 radical (unpaired) electrons. The third-order valence-corrected chi connectivity index (χ3v) is 7.41. The molecule has 5 atom stereocenters. The van der Waals surface area contributed by atoms with Crippen LogP contribution in [-0.4, -0.2) is 78.1 Å². The number of hydrogen-bond donors (Lipinski definition) is 2. The lowest BCUT2D eigenvalue weighted by molar-refractivity contribution is -0.140. The van der Waals surface area contributed by atoms with Crippen LogP contribution >= 0.6 is 0 Å². The summed E-state index contributed by atoms with van der Waals surface area (Å²) in [6, 6.07) is 17.4. The highest BCUT2D eigenvalue weighted by Gasteiger charge is 2.49. The molecule has 4 rings (SSSR count). The molecule has 0 saturated carbocycles. The lowest BCUT2D eigenvalue weighted by Crippen LogP contribution is -2.58. The summed E-state index contributed by atoms with van der Waals surface area (Å²) in [4.78, 5) is 42.6. The van der Waals surface area contributed by atoms with Gasteiger partial charge in [-0.15, -0.1) is 0 Å². The van der Waals surface area contributed by atoms with Gasteiger partial charge in [0, 0.05) is 26.2 Å². The van der Waals surface area contributed by atoms with Crippen LogP contribution in [0.3, 0.4) is 0 Å². The van der Waals surface area contributed by atoms with Crippen molar-refractivity contribution in [3.05, 3.63) is 66.2 Å². The summed E-state index contributed by atoms with van der Waals surface area (Å²) in [6.45, 7) is 6.80. The second kappa shape index (κ2) is 12.3. The molecule has 2 N–H and O–H groups in total. The van der Waals surface area contributed by atoms with Gasteiger partial charge in [0.25, 0.3) is 0 Å². The molecule has 0 bridgehead atoms. The highest BCUT2D eigenvalue weighted by molar-refractivity contribution is 5.91. The number of hydrogen-bond acceptors (Lipinski definition) is 6. The number of likely N-dealkylation sites (tertiary alicyclic amines) is 1. The molecular formula is C29H38N4O5. The van der Waals surface area contributed by atoms with Crippen LogP contribution in [0.2, 0.25) is 0 Å². The summed E-state index contributed by atoms with van der Waals surface area (Å²) in [7, 11) is 1.52. The number of carbonyl (C=O) groups is 3. The minimum atomic E-state index is -0.819. The summed E-state index contributed by atoms with van der Waals surface area (Å²) in [5, 5.41) is 6.39. The Labute approximate surface area is 224 Å². The van der Waals surface area contributed by atoms with Gasteiger partial charge >= 0.3 is 6.09 Å². The minimum absolute atomic E-state index is 0.114. The Morgan fingerprint density at radius 1 is 1.05 bits per heavy atom. The molecule has 2 aliphatic heterocycles. The summed E-state index contributed by atoms with van der Waals surface area (Å²) < 4.78 is 11.6. The maximum atomic E-state index is 13.8. The van der Waals surface area contributed by atoms with E-state index in [1.807, 2.05) is 79.4 Å². The molecule has 9 nitrogen and oxygen atoms in total. The number of ether oxygens (including phenoxy) is 2. The van der Waals surface area contributed by atoms with Crippen molar-refractivity contribution in [2.45, 2.75) is 64.1 Å². The van der Waals surface area contributed by atoms with Crippen LogP contribution in [-0.2, 0) is 20.9 Å². The van der Waals surface area contributed by atoms with E-state index in [1.165, 1.54) is 11.9 Å². The molecule has 0 unspecified atom stereocenters. The van der Waals surface area contributed by atoms with Gasteiger partial charge in [-0.05, 0) is 37.0 Å². The third-order valence-electron chi connectivity index (χ3n) is 7.41. The first-order valence-electron chi connectivity index (χ1n) is 13.3. The molecule has 2 heterocycles. The van der Waals surface area contributed by atoms with E-state index in [2.05, 4.69) is 10.6 Å². The minimum Gasteiger partial charge on any atom is -0.487 e. The zero-order chi connectivity index (χ0) is 27.2. The first kappa shape index (κ1) is 27.4. The fourth-order valence-corrected chi connectivity index (χ4v) is 5.05. The quantitative estimate of drug-likeness (QED) is 0.526. The summed E-state index contributed by atoms with van der Waals surface area (Å²) >= 11 is 0. The molecule has 0 aromatic heterocycles. The average molecular weight is 523 g/mol. The van der Waals surface area contributed by atoms with Gasteiger partial charge in [-0.25, -0.2) is 4.79 Å². The molecule has 2 aromatic rings. The molecule has 0 spiro atoms. The van der Waals surface area contributed by atoms with E-state index >= 15 is 0 Å². The number of nitrogens with one attached hydrogen (secondary N) is 2. The van der Waals surface area contributed by atoms with Gasteiger partial charge in [0.1, 0.15) is 30.5 Å². The van der Waals surface area contributed by atoms with E-state index in [-0.39, 0.29) is 36.6 Å². The van der Waals surface area contributed by atoms with E-state index in [9.17, 15) is 14.4 Å². The van der Waals surface area contributed by atoms with Gasteiger partial charge in [-0.3, -0.25) is 14.5 Å². The molecule has 204 valence electrons. The van der Waals surface area contributed by atoms with E-state index in [1.54, 1.807) is 6.92 Å². The van der Waals surface area contributed by atoms with Crippen molar-refractivity contribution in [2.24, 2.45) is 5.92 Å². The van der Waals surface area contributed by atoms with Crippen LogP contribution < -0.4 is 15.4 Å². The van der Waals surface area contributed by atoms with Crippen LogP contribution in [0.25, 0.3) is 0 Å². The molecule has 2 aliphatic rings. The molecule has 3 amide bonds. The fourth-order valence-electron chi connectivity index (χ4n) is 5.05. The van der Waals surface area contributed by atoms with Crippen molar-refractivity contribution in [3.8, 4) is 5.75 Å². The Kier molecular flexibility index (Phi) is 8.89. The van der Waals surface area contributed by atoms with Crippen LogP contribution in [0.1, 0.15) is 32.8 Å². The van der Waals surface area contributed by atoms with Crippen molar-refractivity contribution in [1.29, 1.82) is 0 Å². The molecule has 2 fully saturated rings. The van der Waals surface area contributed by atoms with Gasteiger partial charge in [-0.2, -0.15) is 0 Å². The number of carbonyl (C=O) groups excluding carboxylic acids is 3. The molecular weight excluding hydrogens is 484 g/mol. The van der Waals surface area contributed by atoms with Gasteiger partial charge < -0.3 is 25.0 Å². The zero-order valence-electron chi connectivity index (χ0n) is 22.5. The predicted octanol–water partition coefficient (Wildman–Crippen LogP) is 2.80. The van der Waals surface area contributed by atoms with E-state index in [0.717, 1.165) is 17.7 Å². The smallest absolute Gasteiger partial charge is 0.410 e. The number of rotatable bonds is 9. The highest BCUT2D eigenvalue weighted by atomic mass is 16.6. The Hall–Kier alpha value is -3.59. The maximum absolute atomic E-state index is 13.8. The third kappa shape index (κ3) is 6.27.